The Labute approximate surface area is 291 Å². The molecule has 0 saturated carbocycles. The van der Waals surface area contributed by atoms with Crippen LogP contribution in [0.5, 0.6) is 0 Å². The molecule has 0 nitrogen and oxygen atoms in total. The average molecular weight is 679 g/mol. The molecule has 0 amide bonds. The summed E-state index contributed by atoms with van der Waals surface area (Å²) in [6.45, 7) is 0. The van der Waals surface area contributed by atoms with Crippen LogP contribution < -0.4 is 0 Å². The minimum atomic E-state index is 1.29. The Kier molecular flexibility index (Phi) is 5.12. The second-order valence-electron chi connectivity index (χ2n) is 12.8. The predicted octanol–water partition coefficient (Wildman–Crippen LogP) is 15.0. The van der Waals surface area contributed by atoms with E-state index < -0.39 is 0 Å². The summed E-state index contributed by atoms with van der Waals surface area (Å²) in [6, 6.07) is 50.0. The van der Waals surface area contributed by atoms with E-state index in [-0.39, 0.29) is 0 Å². The van der Waals surface area contributed by atoms with Crippen molar-refractivity contribution in [3.8, 4) is 40.4 Å². The van der Waals surface area contributed by atoms with Gasteiger partial charge in [0.25, 0.3) is 0 Å². The first-order chi connectivity index (χ1) is 23.8. The smallest absolute Gasteiger partial charge is 0.0455 e. The molecule has 12 aromatic rings. The molecule has 0 atom stereocenters. The van der Waals surface area contributed by atoms with Crippen LogP contribution >= 0.6 is 45.3 Å². The summed E-state index contributed by atoms with van der Waals surface area (Å²) in [4.78, 5) is 8.06. The normalized spacial score (nSPS) is 12.6. The Hall–Kier alpha value is -4.84. The van der Waals surface area contributed by atoms with E-state index in [9.17, 15) is 0 Å². The summed E-state index contributed by atoms with van der Waals surface area (Å²) in [5.41, 5.74) is 2.58. The Balaban J connectivity index is 1.05. The first-order valence-electron chi connectivity index (χ1n) is 16.2. The number of benzene rings is 6. The molecule has 48 heavy (non-hydrogen) atoms. The molecule has 0 aliphatic carbocycles. The number of hydrogen-bond acceptors (Lipinski definition) is 4. The lowest BCUT2D eigenvalue weighted by molar-refractivity contribution is 1.70. The molecule has 0 fully saturated rings. The first kappa shape index (κ1) is 26.2. The van der Waals surface area contributed by atoms with Gasteiger partial charge in [-0.3, -0.25) is 0 Å². The molecule has 12 rings (SSSR count). The van der Waals surface area contributed by atoms with Gasteiger partial charge in [-0.25, -0.2) is 0 Å². The lowest BCUT2D eigenvalue weighted by atomic mass is 9.90. The zero-order valence-corrected chi connectivity index (χ0v) is 28.6. The maximum atomic E-state index is 2.48. The van der Waals surface area contributed by atoms with Gasteiger partial charge >= 0.3 is 0 Å². The van der Waals surface area contributed by atoms with Crippen molar-refractivity contribution in [3.05, 3.63) is 133 Å². The highest BCUT2D eigenvalue weighted by atomic mass is 32.1. The fourth-order valence-corrected chi connectivity index (χ4v) is 12.7. The summed E-state index contributed by atoms with van der Waals surface area (Å²) in [6.07, 6.45) is 0. The molecule has 0 aliphatic heterocycles. The summed E-state index contributed by atoms with van der Waals surface area (Å²) >= 11 is 7.69. The highest BCUT2D eigenvalue weighted by Crippen LogP contribution is 2.54. The quantitative estimate of drug-likeness (QED) is 0.163. The van der Waals surface area contributed by atoms with Gasteiger partial charge in [0.1, 0.15) is 0 Å². The largest absolute Gasteiger partial charge is 0.134 e. The molecule has 0 aliphatic rings. The molecule has 0 bridgehead atoms. The molecule has 0 spiro atoms. The first-order valence-corrected chi connectivity index (χ1v) is 19.4. The summed E-state index contributed by atoms with van der Waals surface area (Å²) in [7, 11) is 0. The molecule has 0 N–H and O–H groups in total. The van der Waals surface area contributed by atoms with E-state index in [0.29, 0.717) is 0 Å². The van der Waals surface area contributed by atoms with E-state index in [1.54, 1.807) is 0 Å². The Bertz CT molecular complexity index is 2930. The van der Waals surface area contributed by atoms with Crippen LogP contribution in [0.4, 0.5) is 0 Å². The second kappa shape index (κ2) is 9.40. The number of rotatable bonds is 4. The highest BCUT2D eigenvalue weighted by Gasteiger charge is 2.24. The van der Waals surface area contributed by atoms with Crippen molar-refractivity contribution in [2.45, 2.75) is 0 Å². The summed E-state index contributed by atoms with van der Waals surface area (Å²) in [5, 5.41) is 16.8. The van der Waals surface area contributed by atoms with Crippen molar-refractivity contribution < 1.29 is 0 Å². The van der Waals surface area contributed by atoms with Crippen molar-refractivity contribution in [3.63, 3.8) is 0 Å². The lowest BCUT2D eigenvalue weighted by Gasteiger charge is -2.12. The Morgan fingerprint density at radius 1 is 0.271 bits per heavy atom. The van der Waals surface area contributed by atoms with Gasteiger partial charge in [-0.05, 0) is 103 Å². The Morgan fingerprint density at radius 3 is 1.17 bits per heavy atom. The van der Waals surface area contributed by atoms with Gasteiger partial charge in [-0.15, -0.1) is 45.3 Å². The molecule has 4 heteroatoms. The maximum Gasteiger partial charge on any atom is 0.0455 e. The highest BCUT2D eigenvalue weighted by molar-refractivity contribution is 7.28. The molecule has 222 valence electrons. The van der Waals surface area contributed by atoms with Gasteiger partial charge in [0, 0.05) is 60.2 Å². The predicted molar refractivity (Wildman–Crippen MR) is 216 cm³/mol. The third kappa shape index (κ3) is 3.43. The van der Waals surface area contributed by atoms with Gasteiger partial charge < -0.3 is 0 Å². The monoisotopic (exact) mass is 678 g/mol. The molecule has 8 aromatic carbocycles. The van der Waals surface area contributed by atoms with Crippen molar-refractivity contribution in [1.82, 2.24) is 0 Å². The van der Waals surface area contributed by atoms with Crippen molar-refractivity contribution in [2.75, 3.05) is 0 Å². The van der Waals surface area contributed by atoms with E-state index >= 15 is 0 Å². The minimum absolute atomic E-state index is 1.29. The number of thiophene rings is 4. The Morgan fingerprint density at radius 2 is 0.708 bits per heavy atom. The van der Waals surface area contributed by atoms with Crippen molar-refractivity contribution in [1.29, 1.82) is 0 Å². The lowest BCUT2D eigenvalue weighted by Crippen LogP contribution is -1.84. The SMILES string of the molecule is c1ccc(-c2ccc(-c3cc4c5cc6ccc7c8sc(-c9ccc(-c%10ccccc%10)s9)cc8c8cc9ccc(c4s3)c5c9c6c87)s2)cc1. The van der Waals surface area contributed by atoms with Gasteiger partial charge in [0.05, 0.1) is 0 Å². The van der Waals surface area contributed by atoms with Crippen LogP contribution in [0.1, 0.15) is 0 Å². The van der Waals surface area contributed by atoms with Gasteiger partial charge in [0.15, 0.2) is 0 Å². The van der Waals surface area contributed by atoms with Crippen LogP contribution in [0.15, 0.2) is 133 Å². The molecule has 4 aromatic heterocycles. The van der Waals surface area contributed by atoms with Crippen LogP contribution in [0.25, 0.3) is 114 Å². The van der Waals surface area contributed by atoms with Crippen LogP contribution in [-0.2, 0) is 0 Å². The third-order valence-electron chi connectivity index (χ3n) is 10.2. The fourth-order valence-electron chi connectivity index (χ4n) is 8.12. The standard InChI is InChI=1S/C44H22S4/c1-3-7-23(8-4-1)33-15-17-35(45-33)37-21-31-29-19-25-12-14-28-42-30(20-26-11-13-27(43(31)47-37)41(29)39(26)40(25)42)32-22-38(48-44(28)32)36-18-16-34(46-36)24-9-5-2-6-10-24/h1-22H. The van der Waals surface area contributed by atoms with Gasteiger partial charge in [0.2, 0.25) is 0 Å². The molecule has 4 heterocycles. The second-order valence-corrected chi connectivity index (χ2v) is 17.1. The van der Waals surface area contributed by atoms with Crippen LogP contribution in [0, 0.1) is 0 Å². The zero-order valence-electron chi connectivity index (χ0n) is 25.3. The molecular weight excluding hydrogens is 657 g/mol. The van der Waals surface area contributed by atoms with E-state index in [1.165, 1.54) is 114 Å². The van der Waals surface area contributed by atoms with E-state index in [2.05, 4.69) is 133 Å². The van der Waals surface area contributed by atoms with Gasteiger partial charge in [-0.1, -0.05) is 84.9 Å². The summed E-state index contributed by atoms with van der Waals surface area (Å²) in [5.74, 6) is 0. The molecule has 0 unspecified atom stereocenters. The van der Waals surface area contributed by atoms with E-state index in [0.717, 1.165) is 0 Å². The van der Waals surface area contributed by atoms with E-state index in [1.807, 2.05) is 45.3 Å². The molecule has 0 saturated heterocycles. The maximum absolute atomic E-state index is 2.48. The average Bonchev–Trinajstić information content (AvgIpc) is 3.98. The summed E-state index contributed by atoms with van der Waals surface area (Å²) < 4.78 is 2.83. The van der Waals surface area contributed by atoms with Crippen LogP contribution in [0.2, 0.25) is 0 Å². The fraction of sp³-hybridized carbons (Fsp3) is 0. The van der Waals surface area contributed by atoms with E-state index in [4.69, 9.17) is 0 Å². The topological polar surface area (TPSA) is 0 Å². The van der Waals surface area contributed by atoms with Crippen molar-refractivity contribution in [2.24, 2.45) is 0 Å². The van der Waals surface area contributed by atoms with Crippen LogP contribution in [0.3, 0.4) is 0 Å². The van der Waals surface area contributed by atoms with Gasteiger partial charge in [-0.2, -0.15) is 0 Å². The zero-order chi connectivity index (χ0) is 31.1. The van der Waals surface area contributed by atoms with Crippen LogP contribution in [-0.4, -0.2) is 0 Å². The van der Waals surface area contributed by atoms with Crippen molar-refractivity contribution >= 4 is 119 Å². The molecule has 0 radical (unpaired) electrons. The molecular formula is C44H22S4. The third-order valence-corrected chi connectivity index (χ3v) is 15.2. The number of hydrogen-bond donors (Lipinski definition) is 0. The number of fused-ring (bicyclic) bond motifs is 6. The minimum Gasteiger partial charge on any atom is -0.134 e.